The maximum Gasteiger partial charge on any atom is 0.340 e. The van der Waals surface area contributed by atoms with Gasteiger partial charge in [-0.25, -0.2) is 9.59 Å². The van der Waals surface area contributed by atoms with Gasteiger partial charge >= 0.3 is 11.9 Å². The summed E-state index contributed by atoms with van der Waals surface area (Å²) in [6.07, 6.45) is 10.1. The minimum atomic E-state index is -0.312. The smallest absolute Gasteiger partial charge is 0.340 e. The number of hydrogen-bond acceptors (Lipinski definition) is 13. The van der Waals surface area contributed by atoms with Gasteiger partial charge in [0.05, 0.1) is 56.5 Å². The third kappa shape index (κ3) is 11.9. The Morgan fingerprint density at radius 1 is 0.671 bits per heavy atom. The maximum atomic E-state index is 12.2. The summed E-state index contributed by atoms with van der Waals surface area (Å²) in [6, 6.07) is 24.2. The molecule has 0 bridgehead atoms. The minimum absolute atomic E-state index is 0.270. The fraction of sp³-hybridized carbons (Fsp3) is 0.383. The molecule has 0 radical (unpaired) electrons. The number of methoxy groups -OCH3 is 2. The van der Waals surface area contributed by atoms with Gasteiger partial charge in [-0.05, 0) is 107 Å². The first-order chi connectivity index (χ1) is 38.2. The van der Waals surface area contributed by atoms with E-state index in [1.54, 1.807) is 18.2 Å². The molecule has 0 spiro atoms. The molecule has 6 heterocycles. The van der Waals surface area contributed by atoms with Crippen LogP contribution in [0.15, 0.2) is 94.2 Å². The number of anilines is 2. The van der Waals surface area contributed by atoms with Crippen LogP contribution in [0.5, 0.6) is 0 Å². The van der Waals surface area contributed by atoms with Gasteiger partial charge in [0.15, 0.2) is 0 Å². The average Bonchev–Trinajstić information content (AvgIpc) is 4.49. The van der Waals surface area contributed by atoms with Crippen molar-refractivity contribution >= 4 is 97.8 Å². The summed E-state index contributed by atoms with van der Waals surface area (Å²) in [5.74, 6) is 2.03. The lowest BCUT2D eigenvalue weighted by atomic mass is 10.0. The van der Waals surface area contributed by atoms with Crippen molar-refractivity contribution in [1.82, 2.24) is 29.7 Å². The number of halogens is 4. The molecular weight excluding hydrogens is 1090 g/mol. The van der Waals surface area contributed by atoms with E-state index in [9.17, 15) is 14.4 Å². The van der Waals surface area contributed by atoms with Gasteiger partial charge in [0.1, 0.15) is 29.2 Å². The van der Waals surface area contributed by atoms with Crippen LogP contribution in [0.2, 0.25) is 20.1 Å². The van der Waals surface area contributed by atoms with Crippen molar-refractivity contribution in [2.24, 2.45) is 14.1 Å². The van der Waals surface area contributed by atoms with Crippen LogP contribution in [0.3, 0.4) is 0 Å². The number of nitrogens with zero attached hydrogens (tertiary/aromatic N) is 7. The lowest BCUT2D eigenvalue weighted by Gasteiger charge is -2.41. The summed E-state index contributed by atoms with van der Waals surface area (Å²) < 4.78 is 25.1. The molecule has 79 heavy (non-hydrogen) atoms. The second kappa shape index (κ2) is 24.2. The molecule has 4 aliphatic rings. The van der Waals surface area contributed by atoms with Crippen molar-refractivity contribution < 1.29 is 32.9 Å². The summed E-state index contributed by atoms with van der Waals surface area (Å²) in [4.78, 5) is 42.2. The second-order valence-corrected chi connectivity index (χ2v) is 22.6. The average molecular weight is 1150 g/mol. The van der Waals surface area contributed by atoms with Crippen LogP contribution in [0.1, 0.15) is 94.7 Å². The van der Waals surface area contributed by atoms with E-state index in [1.807, 2.05) is 66.0 Å². The molecule has 414 valence electrons. The Bertz CT molecular complexity index is 3500. The molecule has 0 amide bonds. The van der Waals surface area contributed by atoms with E-state index in [2.05, 4.69) is 68.4 Å². The lowest BCUT2D eigenvalue weighted by molar-refractivity contribution is -0.107. The molecule has 12 rings (SSSR count). The number of benzene rings is 4. The van der Waals surface area contributed by atoms with Gasteiger partial charge in [-0.3, -0.25) is 4.90 Å². The quantitative estimate of drug-likeness (QED) is 0.0861. The van der Waals surface area contributed by atoms with E-state index in [0.717, 1.165) is 146 Å². The number of carbonyl (C=O) groups is 3. The molecule has 4 fully saturated rings. The number of esters is 2. The zero-order chi connectivity index (χ0) is 55.6. The molecule has 1 N–H and O–H groups in total. The van der Waals surface area contributed by atoms with Crippen LogP contribution in [0.4, 0.5) is 11.4 Å². The molecule has 4 aromatic carbocycles. The zero-order valence-electron chi connectivity index (χ0n) is 45.2. The fourth-order valence-electron chi connectivity index (χ4n) is 11.0. The summed E-state index contributed by atoms with van der Waals surface area (Å²) >= 11 is 25.5. The number of carbonyl (C=O) groups excluding carboxylic acids is 3. The fourth-order valence-corrected chi connectivity index (χ4v) is 12.2. The largest absolute Gasteiger partial charge is 0.465 e. The Morgan fingerprint density at radius 2 is 1.15 bits per heavy atom. The monoisotopic (exact) mass is 1150 g/mol. The molecule has 2 aliphatic carbocycles. The molecular formula is C60H64Cl4N8O7. The summed E-state index contributed by atoms with van der Waals surface area (Å²) in [5.41, 5.74) is 10.4. The topological polar surface area (TPSA) is 153 Å². The van der Waals surface area contributed by atoms with Crippen molar-refractivity contribution in [2.45, 2.75) is 76.3 Å². The van der Waals surface area contributed by atoms with Gasteiger partial charge < -0.3 is 47.6 Å². The lowest BCUT2D eigenvalue weighted by Crippen LogP contribution is -2.52. The predicted molar refractivity (Wildman–Crippen MR) is 313 cm³/mol. The van der Waals surface area contributed by atoms with Crippen LogP contribution >= 0.6 is 46.4 Å². The summed E-state index contributed by atoms with van der Waals surface area (Å²) in [6.45, 7) is 11.2. The second-order valence-electron chi connectivity index (χ2n) is 20.9. The number of aryl methyl sites for hydroxylation is 2. The number of rotatable bonds is 13. The number of piperazine rings is 2. The molecule has 15 nitrogen and oxygen atoms in total. The Morgan fingerprint density at radius 3 is 1.61 bits per heavy atom. The summed E-state index contributed by atoms with van der Waals surface area (Å²) in [5, 5.41) is 16.0. The van der Waals surface area contributed by atoms with Gasteiger partial charge in [0, 0.05) is 147 Å². The van der Waals surface area contributed by atoms with E-state index in [4.69, 9.17) is 64.9 Å². The molecule has 2 saturated carbocycles. The first-order valence-electron chi connectivity index (χ1n) is 26.8. The SMILES string of the molecule is COC(=O)c1cn(C)c2cc(N3CCN(CCc4c(-c5c(Cl)cccc5Cl)noc4C4CC4)[C@@H](C)C3)ccc12.COC(=O)c1cn(C)c2cc(N3CCN[C@@H](C)C3)ccc12.O=CCc1c(-c2c(Cl)cccc2Cl)noc1C1CC1. The van der Waals surface area contributed by atoms with Crippen molar-refractivity contribution in [3.8, 4) is 22.5 Å². The molecule has 4 aromatic heterocycles. The molecule has 2 saturated heterocycles. The Hall–Kier alpha value is -6.33. The van der Waals surface area contributed by atoms with Crippen molar-refractivity contribution in [2.75, 3.05) is 69.8 Å². The Labute approximate surface area is 479 Å². The van der Waals surface area contributed by atoms with Gasteiger partial charge in [0.2, 0.25) is 0 Å². The maximum absolute atomic E-state index is 12.2. The predicted octanol–water partition coefficient (Wildman–Crippen LogP) is 12.6. The number of aldehydes is 1. The third-order valence-corrected chi connectivity index (χ3v) is 16.8. The number of aromatic nitrogens is 4. The minimum Gasteiger partial charge on any atom is -0.465 e. The standard InChI is InChI=1S/C30H32Cl2N4O3.C16H21N3O2.C14H11Cl2NO2/c1-18-16-36(20-9-10-21-23(30(37)38-3)17-34(2)26(21)15-20)14-13-35(18)12-11-22-28(33-39-29(22)19-7-8-19)27-24(31)5-4-6-25(27)32;1-11-9-19(7-6-17-11)12-4-5-13-14(16(20)21-3)10-18(2)15(13)8-12;15-10-2-1-3-11(16)12(10)13-9(6-7-18)14(19-17-13)8-4-5-8/h4-6,9-10,15,17-19H,7-8,11-14,16H2,1-3H3;4-5,8,10-11,17H,6-7,9H2,1-3H3;1-3,7-8H,4-6H2/t18-;11-;/m00./s1. The molecule has 2 aliphatic heterocycles. The van der Waals surface area contributed by atoms with Crippen LogP contribution in [-0.4, -0.2) is 115 Å². The highest BCUT2D eigenvalue weighted by Crippen LogP contribution is 2.47. The van der Waals surface area contributed by atoms with E-state index in [0.29, 0.717) is 66.4 Å². The zero-order valence-corrected chi connectivity index (χ0v) is 48.2. The highest BCUT2D eigenvalue weighted by Gasteiger charge is 2.35. The number of fused-ring (bicyclic) bond motifs is 2. The van der Waals surface area contributed by atoms with Crippen molar-refractivity contribution in [1.29, 1.82) is 0 Å². The van der Waals surface area contributed by atoms with Crippen LogP contribution in [-0.2, 0) is 41.2 Å². The van der Waals surface area contributed by atoms with E-state index in [-0.39, 0.29) is 18.4 Å². The molecule has 8 aromatic rings. The first-order valence-corrected chi connectivity index (χ1v) is 28.3. The van der Waals surface area contributed by atoms with Crippen LogP contribution < -0.4 is 15.1 Å². The molecule has 19 heteroatoms. The van der Waals surface area contributed by atoms with E-state index < -0.39 is 0 Å². The van der Waals surface area contributed by atoms with Gasteiger partial charge in [-0.15, -0.1) is 0 Å². The van der Waals surface area contributed by atoms with Gasteiger partial charge in [-0.1, -0.05) is 68.8 Å². The van der Waals surface area contributed by atoms with Crippen molar-refractivity contribution in [3.05, 3.63) is 139 Å². The van der Waals surface area contributed by atoms with E-state index >= 15 is 0 Å². The normalized spacial score (nSPS) is 17.5. The Kier molecular flexibility index (Phi) is 17.1. The molecule has 0 unspecified atom stereocenters. The number of ether oxygens (including phenoxy) is 2. The summed E-state index contributed by atoms with van der Waals surface area (Å²) in [7, 11) is 6.75. The first kappa shape index (κ1) is 56.0. The highest BCUT2D eigenvalue weighted by molar-refractivity contribution is 6.39. The number of hydrogen-bond donors (Lipinski definition) is 1. The van der Waals surface area contributed by atoms with E-state index in [1.165, 1.54) is 19.9 Å². The van der Waals surface area contributed by atoms with Crippen LogP contribution in [0, 0.1) is 0 Å². The third-order valence-electron chi connectivity index (χ3n) is 15.5. The van der Waals surface area contributed by atoms with Gasteiger partial charge in [0.25, 0.3) is 0 Å². The highest BCUT2D eigenvalue weighted by atomic mass is 35.5. The Balaban J connectivity index is 0.000000148. The van der Waals surface area contributed by atoms with Gasteiger partial charge in [-0.2, -0.15) is 0 Å². The van der Waals surface area contributed by atoms with Crippen molar-refractivity contribution in [3.63, 3.8) is 0 Å². The number of nitrogens with one attached hydrogen (secondary N) is 1. The molecule has 2 atom stereocenters. The van der Waals surface area contributed by atoms with Crippen LogP contribution in [0.25, 0.3) is 44.3 Å².